The third-order valence-corrected chi connectivity index (χ3v) is 17.9. The number of carbonyl (C=O) groups excluding carboxylic acids is 10. The average Bonchev–Trinajstić information content (AvgIpc) is 1.02. The third-order valence-electron chi connectivity index (χ3n) is 17.9. The van der Waals surface area contributed by atoms with Gasteiger partial charge in [-0.25, -0.2) is 0 Å². The largest absolute Gasteiger partial charge is 0.300 e. The van der Waals surface area contributed by atoms with Gasteiger partial charge in [-0.3, -0.25) is 4.79 Å². The van der Waals surface area contributed by atoms with E-state index in [1.165, 1.54) is 284 Å². The van der Waals surface area contributed by atoms with Gasteiger partial charge in [0.1, 0.15) is 57.8 Å². The molecule has 1 atom stereocenters. The zero-order valence-corrected chi connectivity index (χ0v) is 77.3. The molecule has 648 valence electrons. The Morgan fingerprint density at radius 1 is 0.202 bits per heavy atom. The molecular formula is C99H192O10. The highest BCUT2D eigenvalue weighted by molar-refractivity contribution is 5.78. The summed E-state index contributed by atoms with van der Waals surface area (Å²) in [5, 5.41) is 0. The molecule has 10 heteroatoms. The van der Waals surface area contributed by atoms with Crippen LogP contribution in [0.15, 0.2) is 36.5 Å². The Balaban J connectivity index is -0.000000131. The Hall–Kier alpha value is -4.08. The summed E-state index contributed by atoms with van der Waals surface area (Å²) in [7, 11) is 0. The fraction of sp³-hybridized carbons (Fsp3) is 0.838. The minimum absolute atomic E-state index is 0.167. The summed E-state index contributed by atoms with van der Waals surface area (Å²) in [5.74, 6) is 3.35. The molecular weight excluding hydrogens is 1350 g/mol. The highest BCUT2D eigenvalue weighted by Crippen LogP contribution is 2.16. The van der Waals surface area contributed by atoms with Gasteiger partial charge in [0.25, 0.3) is 0 Å². The molecule has 0 radical (unpaired) electrons. The Bertz CT molecular complexity index is 1950. The van der Waals surface area contributed by atoms with E-state index in [4.69, 9.17) is 0 Å². The zero-order chi connectivity index (χ0) is 84.7. The molecule has 0 rings (SSSR count). The Morgan fingerprint density at radius 2 is 0.385 bits per heavy atom. The summed E-state index contributed by atoms with van der Waals surface area (Å²) >= 11 is 0. The van der Waals surface area contributed by atoms with Gasteiger partial charge >= 0.3 is 0 Å². The predicted octanol–water partition coefficient (Wildman–Crippen LogP) is 32.1. The van der Waals surface area contributed by atoms with Crippen LogP contribution in [0.2, 0.25) is 0 Å². The van der Waals surface area contributed by atoms with Gasteiger partial charge in [0, 0.05) is 57.3 Å². The van der Waals surface area contributed by atoms with Gasteiger partial charge in [0.15, 0.2) is 0 Å². The van der Waals surface area contributed by atoms with Crippen LogP contribution in [-0.2, 0) is 47.9 Å². The van der Waals surface area contributed by atoms with E-state index < -0.39 is 0 Å². The number of hydrogen-bond acceptors (Lipinski definition) is 10. The number of unbranched alkanes of at least 4 members (excludes halogenated alkanes) is 41. The number of ketones is 10. The molecule has 10 nitrogen and oxygen atoms in total. The minimum Gasteiger partial charge on any atom is -0.300 e. The van der Waals surface area contributed by atoms with Crippen molar-refractivity contribution in [1.82, 2.24) is 0 Å². The van der Waals surface area contributed by atoms with Crippen LogP contribution < -0.4 is 0 Å². The maximum absolute atomic E-state index is 10.9. The standard InChI is InChI=1S/C19H38O.C19H36O.C19H34O.2C9H18O.2C6H12O.C5H10O.C4H8O.C3H6O/c3*1-3-4-5-6-7-8-9-10-11-12-13-14-15-16-17-18-19(2)20;1-4-6-7-9(5-2)8(3)10;1-3-4-5-6-7-8-9(2)10;2*1-3-4-5-6(2)7;1-3-4-5(2)6;1-3-4(2)5;1-3(2)4/h3-18H2,1-2H3;11-12H,3-10,13-18H2,1-2H3;9-12H,3-8,13-18H2,1-2H3;9H,4-7H2,1-3H3;3-8H2,1-2H3;2*3-5H2,1-2H3;3-4H2,1-2H3;3H2,1-2H3;1-2H3/b;12-11+;10-9+,12-11+;;;;;;;. The van der Waals surface area contributed by atoms with Crippen molar-refractivity contribution in [3.63, 3.8) is 0 Å². The lowest BCUT2D eigenvalue weighted by Gasteiger charge is -2.08. The number of allylic oxidation sites excluding steroid dienone is 6. The van der Waals surface area contributed by atoms with E-state index in [1.807, 2.05) is 13.8 Å². The van der Waals surface area contributed by atoms with Crippen molar-refractivity contribution in [1.29, 1.82) is 0 Å². The van der Waals surface area contributed by atoms with Gasteiger partial charge in [-0.15, -0.1) is 0 Å². The second-order valence-electron chi connectivity index (χ2n) is 30.9. The van der Waals surface area contributed by atoms with Crippen LogP contribution in [0.25, 0.3) is 0 Å². The summed E-state index contributed by atoms with van der Waals surface area (Å²) in [6.07, 6.45) is 87.6. The second kappa shape index (κ2) is 120. The molecule has 0 N–H and O–H groups in total. The highest BCUT2D eigenvalue weighted by Gasteiger charge is 2.10. The molecule has 0 heterocycles. The quantitative estimate of drug-likeness (QED) is 0.0324. The number of carbonyl (C=O) groups is 10. The lowest BCUT2D eigenvalue weighted by molar-refractivity contribution is -0.121. The molecule has 0 fully saturated rings. The Kier molecular flexibility index (Phi) is 138. The van der Waals surface area contributed by atoms with Crippen molar-refractivity contribution in [3.05, 3.63) is 36.5 Å². The Labute approximate surface area is 681 Å². The van der Waals surface area contributed by atoms with Crippen LogP contribution >= 0.6 is 0 Å². The number of Topliss-reactive ketones (excluding diaryl/α,β-unsaturated/α-hetero) is 10. The summed E-state index contributed by atoms with van der Waals surface area (Å²) in [5.41, 5.74) is 0. The van der Waals surface area contributed by atoms with Gasteiger partial charge in [-0.2, -0.15) is 0 Å². The summed E-state index contributed by atoms with van der Waals surface area (Å²) in [6.45, 7) is 39.2. The fourth-order valence-corrected chi connectivity index (χ4v) is 10.7. The van der Waals surface area contributed by atoms with Gasteiger partial charge < -0.3 is 43.2 Å². The van der Waals surface area contributed by atoms with Crippen LogP contribution in [0.3, 0.4) is 0 Å². The van der Waals surface area contributed by atoms with Gasteiger partial charge in [0.2, 0.25) is 0 Å². The van der Waals surface area contributed by atoms with Crippen molar-refractivity contribution in [2.45, 2.75) is 537 Å². The maximum Gasteiger partial charge on any atom is 0.132 e. The first-order valence-corrected chi connectivity index (χ1v) is 46.0. The summed E-state index contributed by atoms with van der Waals surface area (Å²) < 4.78 is 0. The van der Waals surface area contributed by atoms with Crippen LogP contribution in [0, 0.1) is 5.92 Å². The SMILES string of the molecule is CC(C)=O.CCC(C)=O.CCCC(C)=O.CCCCC(C)=O.CCCCC(C)=O.CCCCC(CC)C(C)=O.CCCCCCC/C=C/C=C/CCCCCCC(C)=O.CCCCCCCC(C)=O.CCCCCCCCC/C=C/CCCCCCC(C)=O.CCCCCCCCCCCCCCCCCC(C)=O. The molecule has 0 saturated heterocycles. The van der Waals surface area contributed by atoms with E-state index in [0.29, 0.717) is 52.8 Å². The van der Waals surface area contributed by atoms with Gasteiger partial charge in [-0.1, -0.05) is 337 Å². The van der Waals surface area contributed by atoms with Crippen molar-refractivity contribution in [3.8, 4) is 0 Å². The Morgan fingerprint density at radius 3 is 0.541 bits per heavy atom. The molecule has 0 spiro atoms. The monoisotopic (exact) mass is 1540 g/mol. The molecule has 0 amide bonds. The van der Waals surface area contributed by atoms with E-state index in [1.54, 1.807) is 62.3 Å². The molecule has 1 unspecified atom stereocenters. The first kappa shape index (κ1) is 126. The van der Waals surface area contributed by atoms with Crippen LogP contribution in [0.1, 0.15) is 537 Å². The van der Waals surface area contributed by atoms with Gasteiger partial charge in [0.05, 0.1) is 0 Å². The van der Waals surface area contributed by atoms with E-state index in [9.17, 15) is 47.9 Å². The zero-order valence-electron chi connectivity index (χ0n) is 77.3. The predicted molar refractivity (Wildman–Crippen MR) is 482 cm³/mol. The first-order valence-electron chi connectivity index (χ1n) is 46.0. The van der Waals surface area contributed by atoms with Crippen LogP contribution in [-0.4, -0.2) is 57.8 Å². The lowest BCUT2D eigenvalue weighted by atomic mass is 9.96. The second-order valence-corrected chi connectivity index (χ2v) is 30.9. The van der Waals surface area contributed by atoms with E-state index in [2.05, 4.69) is 91.8 Å². The molecule has 0 aromatic rings. The van der Waals surface area contributed by atoms with Crippen molar-refractivity contribution < 1.29 is 47.9 Å². The topological polar surface area (TPSA) is 171 Å². The van der Waals surface area contributed by atoms with Crippen molar-refractivity contribution in [2.24, 2.45) is 5.92 Å². The summed E-state index contributed by atoms with van der Waals surface area (Å²) in [6, 6.07) is 0. The molecule has 109 heavy (non-hydrogen) atoms. The van der Waals surface area contributed by atoms with Crippen molar-refractivity contribution in [2.75, 3.05) is 0 Å². The molecule has 0 aromatic carbocycles. The number of rotatable bonds is 65. The molecule has 0 bridgehead atoms. The molecule has 0 aliphatic rings. The van der Waals surface area contributed by atoms with Gasteiger partial charge in [-0.05, 0) is 185 Å². The van der Waals surface area contributed by atoms with Crippen molar-refractivity contribution >= 4 is 57.8 Å². The van der Waals surface area contributed by atoms with E-state index in [0.717, 1.165) is 116 Å². The number of hydrogen-bond donors (Lipinski definition) is 0. The van der Waals surface area contributed by atoms with Crippen LogP contribution in [0.4, 0.5) is 0 Å². The molecule has 0 aliphatic carbocycles. The molecule has 0 aliphatic heterocycles. The third kappa shape index (κ3) is 182. The molecule has 0 saturated carbocycles. The fourth-order valence-electron chi connectivity index (χ4n) is 10.7. The van der Waals surface area contributed by atoms with E-state index >= 15 is 0 Å². The lowest BCUT2D eigenvalue weighted by Crippen LogP contribution is -2.08. The van der Waals surface area contributed by atoms with E-state index in [-0.39, 0.29) is 17.3 Å². The average molecular weight is 1540 g/mol. The maximum atomic E-state index is 10.9. The smallest absolute Gasteiger partial charge is 0.132 e. The van der Waals surface area contributed by atoms with Crippen LogP contribution in [0.5, 0.6) is 0 Å². The first-order chi connectivity index (χ1) is 52.1. The summed E-state index contributed by atoms with van der Waals surface area (Å²) in [4.78, 5) is 103. The molecule has 0 aromatic heterocycles. The minimum atomic E-state index is 0.167. The normalized spacial score (nSPS) is 10.5. The highest BCUT2D eigenvalue weighted by atomic mass is 16.2.